The van der Waals surface area contributed by atoms with Crippen molar-refractivity contribution in [2.45, 2.75) is 13.0 Å². The molecule has 1 unspecified atom stereocenters. The number of aryl methyl sites for hydroxylation is 1. The van der Waals surface area contributed by atoms with Crippen molar-refractivity contribution in [1.29, 1.82) is 0 Å². The Labute approximate surface area is 125 Å². The summed E-state index contributed by atoms with van der Waals surface area (Å²) in [4.78, 5) is 0. The molecule has 0 saturated carbocycles. The quantitative estimate of drug-likeness (QED) is 0.804. The van der Waals surface area contributed by atoms with Crippen LogP contribution in [0.1, 0.15) is 22.7 Å². The zero-order chi connectivity index (χ0) is 13.3. The molecule has 0 amide bonds. The van der Waals surface area contributed by atoms with Gasteiger partial charge in [-0.25, -0.2) is 0 Å². The highest BCUT2D eigenvalue weighted by atomic mass is 79.9. The van der Waals surface area contributed by atoms with Crippen LogP contribution in [0.2, 0.25) is 10.0 Å². The Balaban J connectivity index is 2.47. The van der Waals surface area contributed by atoms with E-state index >= 15 is 0 Å². The van der Waals surface area contributed by atoms with E-state index in [0.29, 0.717) is 10.0 Å². The topological polar surface area (TPSA) is 26.0 Å². The van der Waals surface area contributed by atoms with Crippen molar-refractivity contribution in [3.8, 4) is 0 Å². The van der Waals surface area contributed by atoms with E-state index < -0.39 is 0 Å². The Bertz CT molecular complexity index is 584. The van der Waals surface area contributed by atoms with E-state index in [1.165, 1.54) is 0 Å². The molecule has 2 N–H and O–H groups in total. The molecular formula is C14H12BrCl2N. The monoisotopic (exact) mass is 343 g/mol. The van der Waals surface area contributed by atoms with Gasteiger partial charge in [0.1, 0.15) is 0 Å². The van der Waals surface area contributed by atoms with Crippen molar-refractivity contribution in [2.24, 2.45) is 5.73 Å². The molecule has 18 heavy (non-hydrogen) atoms. The van der Waals surface area contributed by atoms with Crippen molar-refractivity contribution >= 4 is 39.1 Å². The number of hydrogen-bond donors (Lipinski definition) is 1. The first-order valence-corrected chi connectivity index (χ1v) is 7.00. The van der Waals surface area contributed by atoms with Crippen LogP contribution < -0.4 is 5.73 Å². The van der Waals surface area contributed by atoms with Crippen molar-refractivity contribution in [2.75, 3.05) is 0 Å². The Kier molecular flexibility index (Phi) is 4.33. The number of halogens is 3. The molecule has 0 aromatic heterocycles. The molecule has 2 aromatic rings. The first-order chi connectivity index (χ1) is 8.49. The summed E-state index contributed by atoms with van der Waals surface area (Å²) in [6, 6.07) is 11.1. The molecule has 2 aromatic carbocycles. The lowest BCUT2D eigenvalue weighted by Gasteiger charge is -2.17. The van der Waals surface area contributed by atoms with E-state index in [2.05, 4.69) is 15.9 Å². The minimum atomic E-state index is -0.274. The second-order valence-electron chi connectivity index (χ2n) is 4.14. The van der Waals surface area contributed by atoms with Gasteiger partial charge >= 0.3 is 0 Å². The number of benzene rings is 2. The maximum Gasteiger partial charge on any atom is 0.0569 e. The molecule has 0 heterocycles. The molecule has 0 fully saturated rings. The summed E-state index contributed by atoms with van der Waals surface area (Å²) in [6.45, 7) is 2.03. The molecule has 2 rings (SSSR count). The molecule has 0 bridgehead atoms. The Morgan fingerprint density at radius 1 is 1.06 bits per heavy atom. The van der Waals surface area contributed by atoms with Gasteiger partial charge in [-0.15, -0.1) is 0 Å². The van der Waals surface area contributed by atoms with Gasteiger partial charge in [-0.2, -0.15) is 0 Å². The van der Waals surface area contributed by atoms with Gasteiger partial charge in [0.05, 0.1) is 6.04 Å². The average molecular weight is 345 g/mol. The van der Waals surface area contributed by atoms with Gasteiger partial charge < -0.3 is 5.73 Å². The van der Waals surface area contributed by atoms with Crippen LogP contribution in [-0.4, -0.2) is 0 Å². The van der Waals surface area contributed by atoms with Crippen molar-refractivity contribution in [1.82, 2.24) is 0 Å². The lowest BCUT2D eigenvalue weighted by Crippen LogP contribution is -2.13. The Morgan fingerprint density at radius 2 is 1.78 bits per heavy atom. The first-order valence-electron chi connectivity index (χ1n) is 5.45. The molecule has 0 radical (unpaired) electrons. The average Bonchev–Trinajstić information content (AvgIpc) is 2.31. The highest BCUT2D eigenvalue weighted by Crippen LogP contribution is 2.31. The zero-order valence-corrected chi connectivity index (χ0v) is 12.9. The summed E-state index contributed by atoms with van der Waals surface area (Å²) in [5, 5.41) is 1.27. The van der Waals surface area contributed by atoms with Crippen molar-refractivity contribution < 1.29 is 0 Å². The van der Waals surface area contributed by atoms with Gasteiger partial charge in [0.15, 0.2) is 0 Å². The van der Waals surface area contributed by atoms with Gasteiger partial charge in [-0.3, -0.25) is 0 Å². The Hall–Kier alpha value is -0.540. The number of hydrogen-bond acceptors (Lipinski definition) is 1. The highest BCUT2D eigenvalue weighted by molar-refractivity contribution is 9.10. The molecule has 0 spiro atoms. The molecule has 0 aliphatic heterocycles. The summed E-state index contributed by atoms with van der Waals surface area (Å²) in [6.07, 6.45) is 0. The number of rotatable bonds is 2. The van der Waals surface area contributed by atoms with E-state index in [-0.39, 0.29) is 6.04 Å². The van der Waals surface area contributed by atoms with Gasteiger partial charge in [0.2, 0.25) is 0 Å². The smallest absolute Gasteiger partial charge is 0.0569 e. The maximum absolute atomic E-state index is 6.28. The van der Waals surface area contributed by atoms with Gasteiger partial charge in [0, 0.05) is 14.5 Å². The molecule has 1 nitrogen and oxygen atoms in total. The fourth-order valence-corrected chi connectivity index (χ4v) is 2.80. The molecule has 0 aliphatic rings. The second-order valence-corrected chi connectivity index (χ2v) is 5.90. The summed E-state index contributed by atoms with van der Waals surface area (Å²) in [5.74, 6) is 0. The fraction of sp³-hybridized carbons (Fsp3) is 0.143. The molecule has 0 aliphatic carbocycles. The van der Waals surface area contributed by atoms with Crippen LogP contribution in [0.15, 0.2) is 40.9 Å². The maximum atomic E-state index is 6.28. The van der Waals surface area contributed by atoms with Crippen LogP contribution in [0.5, 0.6) is 0 Å². The third-order valence-corrected chi connectivity index (χ3v) is 3.93. The lowest BCUT2D eigenvalue weighted by atomic mass is 9.96. The summed E-state index contributed by atoms with van der Waals surface area (Å²) in [7, 11) is 0. The SMILES string of the molecule is Cc1cc(Br)ccc1C(N)c1cc(Cl)ccc1Cl. The minimum Gasteiger partial charge on any atom is -0.320 e. The summed E-state index contributed by atoms with van der Waals surface area (Å²) < 4.78 is 1.04. The van der Waals surface area contributed by atoms with Crippen LogP contribution in [0.4, 0.5) is 0 Å². The molecule has 0 saturated heterocycles. The predicted octanol–water partition coefficient (Wildman–Crippen LogP) is 5.11. The largest absolute Gasteiger partial charge is 0.320 e. The third-order valence-electron chi connectivity index (χ3n) is 2.86. The van der Waals surface area contributed by atoms with Crippen LogP contribution >= 0.6 is 39.1 Å². The van der Waals surface area contributed by atoms with Crippen molar-refractivity contribution in [3.63, 3.8) is 0 Å². The van der Waals surface area contributed by atoms with Crippen LogP contribution in [0, 0.1) is 6.92 Å². The highest BCUT2D eigenvalue weighted by Gasteiger charge is 2.15. The van der Waals surface area contributed by atoms with E-state index in [1.54, 1.807) is 12.1 Å². The van der Waals surface area contributed by atoms with Gasteiger partial charge in [-0.1, -0.05) is 45.2 Å². The first kappa shape index (κ1) is 13.9. The van der Waals surface area contributed by atoms with Crippen molar-refractivity contribution in [3.05, 3.63) is 67.6 Å². The minimum absolute atomic E-state index is 0.274. The predicted molar refractivity (Wildman–Crippen MR) is 81.4 cm³/mol. The lowest BCUT2D eigenvalue weighted by molar-refractivity contribution is 0.861. The normalized spacial score (nSPS) is 12.5. The van der Waals surface area contributed by atoms with Crippen LogP contribution in [-0.2, 0) is 0 Å². The Morgan fingerprint density at radius 3 is 2.44 bits per heavy atom. The van der Waals surface area contributed by atoms with Crippen LogP contribution in [0.3, 0.4) is 0 Å². The standard InChI is InChI=1S/C14H12BrCl2N/c1-8-6-9(15)2-4-11(8)14(18)12-7-10(16)3-5-13(12)17/h2-7,14H,18H2,1H3. The third kappa shape index (κ3) is 2.89. The van der Waals surface area contributed by atoms with E-state index in [9.17, 15) is 0 Å². The van der Waals surface area contributed by atoms with E-state index in [0.717, 1.165) is 21.2 Å². The second kappa shape index (κ2) is 5.62. The molecular weight excluding hydrogens is 333 g/mol. The van der Waals surface area contributed by atoms with Gasteiger partial charge in [0.25, 0.3) is 0 Å². The van der Waals surface area contributed by atoms with E-state index in [4.69, 9.17) is 28.9 Å². The fourth-order valence-electron chi connectivity index (χ4n) is 1.91. The molecule has 1 atom stereocenters. The summed E-state index contributed by atoms with van der Waals surface area (Å²) >= 11 is 15.6. The number of nitrogens with two attached hydrogens (primary N) is 1. The van der Waals surface area contributed by atoms with Gasteiger partial charge in [-0.05, 0) is 53.9 Å². The summed E-state index contributed by atoms with van der Waals surface area (Å²) in [5.41, 5.74) is 9.28. The van der Waals surface area contributed by atoms with E-state index in [1.807, 2.05) is 31.2 Å². The van der Waals surface area contributed by atoms with Crippen LogP contribution in [0.25, 0.3) is 0 Å². The zero-order valence-electron chi connectivity index (χ0n) is 9.75. The molecule has 94 valence electrons. The molecule has 4 heteroatoms.